The number of ether oxygens (including phenoxy) is 1. The van der Waals surface area contributed by atoms with Crippen molar-refractivity contribution in [2.24, 2.45) is 17.3 Å². The first kappa shape index (κ1) is 30.0. The number of alkyl carbamates (subject to hydrolysis) is 1. The lowest BCUT2D eigenvalue weighted by Crippen LogP contribution is -2.61. The Bertz CT molecular complexity index is 901. The van der Waals surface area contributed by atoms with E-state index in [0.717, 1.165) is 50.5 Å². The molecule has 0 aromatic heterocycles. The number of benzene rings is 1. The van der Waals surface area contributed by atoms with Crippen LogP contribution in [0.25, 0.3) is 0 Å². The van der Waals surface area contributed by atoms with Crippen molar-refractivity contribution in [3.8, 4) is 0 Å². The molecule has 2 aliphatic carbocycles. The summed E-state index contributed by atoms with van der Waals surface area (Å²) in [6, 6.07) is 8.20. The van der Waals surface area contributed by atoms with Gasteiger partial charge in [-0.1, -0.05) is 83.2 Å². The van der Waals surface area contributed by atoms with Gasteiger partial charge in [-0.15, -0.1) is 0 Å². The van der Waals surface area contributed by atoms with Gasteiger partial charge in [-0.05, 0) is 62.3 Å². The highest BCUT2D eigenvalue weighted by Crippen LogP contribution is 2.32. The Morgan fingerprint density at radius 1 is 0.921 bits per heavy atom. The van der Waals surface area contributed by atoms with Gasteiger partial charge in [0.05, 0.1) is 0 Å². The van der Waals surface area contributed by atoms with Gasteiger partial charge in [-0.2, -0.15) is 0 Å². The summed E-state index contributed by atoms with van der Waals surface area (Å²) in [6.07, 6.45) is 9.05. The minimum atomic E-state index is -0.737. The molecule has 3 rings (SSSR count). The van der Waals surface area contributed by atoms with Gasteiger partial charge >= 0.3 is 6.09 Å². The Labute approximate surface area is 229 Å². The normalized spacial score (nSPS) is 19.3. The molecule has 1 aromatic carbocycles. The summed E-state index contributed by atoms with van der Waals surface area (Å²) >= 11 is 0. The zero-order chi connectivity index (χ0) is 27.7. The summed E-state index contributed by atoms with van der Waals surface area (Å²) in [4.78, 5) is 42.5. The van der Waals surface area contributed by atoms with Gasteiger partial charge < -0.3 is 20.3 Å². The molecule has 7 heteroatoms. The van der Waals surface area contributed by atoms with Crippen LogP contribution in [0.4, 0.5) is 4.79 Å². The van der Waals surface area contributed by atoms with Crippen LogP contribution in [0.1, 0.15) is 98.0 Å². The van der Waals surface area contributed by atoms with Crippen molar-refractivity contribution in [2.45, 2.75) is 117 Å². The number of carbonyl (C=O) groups excluding carboxylic acids is 3. The van der Waals surface area contributed by atoms with Crippen molar-refractivity contribution in [3.63, 3.8) is 0 Å². The molecule has 0 bridgehead atoms. The highest BCUT2D eigenvalue weighted by Gasteiger charge is 2.41. The fraction of sp³-hybridized carbons (Fsp3) is 0.710. The summed E-state index contributed by atoms with van der Waals surface area (Å²) in [5.41, 5.74) is 0.399. The molecule has 0 radical (unpaired) electrons. The number of rotatable bonds is 10. The summed E-state index contributed by atoms with van der Waals surface area (Å²) < 4.78 is 5.46. The third-order valence-corrected chi connectivity index (χ3v) is 8.49. The Morgan fingerprint density at radius 3 is 2.08 bits per heavy atom. The summed E-state index contributed by atoms with van der Waals surface area (Å²) in [5, 5.41) is 5.96. The molecule has 3 amide bonds. The minimum Gasteiger partial charge on any atom is -0.445 e. The topological polar surface area (TPSA) is 87.7 Å². The Hall–Kier alpha value is -2.57. The van der Waals surface area contributed by atoms with E-state index in [2.05, 4.69) is 17.6 Å². The number of hydrogen-bond donors (Lipinski definition) is 2. The van der Waals surface area contributed by atoms with E-state index in [1.165, 1.54) is 12.8 Å². The Kier molecular flexibility index (Phi) is 11.0. The van der Waals surface area contributed by atoms with Crippen molar-refractivity contribution >= 4 is 17.9 Å². The Balaban J connectivity index is 1.74. The highest BCUT2D eigenvalue weighted by molar-refractivity contribution is 5.92. The van der Waals surface area contributed by atoms with Gasteiger partial charge in [-0.3, -0.25) is 9.59 Å². The van der Waals surface area contributed by atoms with Gasteiger partial charge in [0.25, 0.3) is 0 Å². The molecule has 0 saturated heterocycles. The molecule has 212 valence electrons. The third kappa shape index (κ3) is 8.21. The maximum Gasteiger partial charge on any atom is 0.408 e. The van der Waals surface area contributed by atoms with Gasteiger partial charge in [0.1, 0.15) is 18.7 Å². The van der Waals surface area contributed by atoms with Crippen LogP contribution in [0.5, 0.6) is 0 Å². The number of carbonyl (C=O) groups is 3. The zero-order valence-corrected chi connectivity index (χ0v) is 24.1. The summed E-state index contributed by atoms with van der Waals surface area (Å²) in [7, 11) is 0. The molecule has 3 atom stereocenters. The second-order valence-electron chi connectivity index (χ2n) is 12.3. The van der Waals surface area contributed by atoms with E-state index in [-0.39, 0.29) is 30.4 Å². The second-order valence-corrected chi connectivity index (χ2v) is 12.3. The van der Waals surface area contributed by atoms with Crippen LogP contribution in [0.15, 0.2) is 30.3 Å². The third-order valence-electron chi connectivity index (χ3n) is 8.49. The van der Waals surface area contributed by atoms with Crippen LogP contribution in [0.3, 0.4) is 0 Å². The Morgan fingerprint density at radius 2 is 1.50 bits per heavy atom. The summed E-state index contributed by atoms with van der Waals surface area (Å²) in [5.74, 6) is 0.183. The van der Waals surface area contributed by atoms with Gasteiger partial charge in [0, 0.05) is 12.6 Å². The van der Waals surface area contributed by atoms with Gasteiger partial charge in [0.15, 0.2) is 0 Å². The van der Waals surface area contributed by atoms with E-state index >= 15 is 0 Å². The molecule has 38 heavy (non-hydrogen) atoms. The van der Waals surface area contributed by atoms with E-state index in [1.54, 1.807) is 0 Å². The van der Waals surface area contributed by atoms with Crippen molar-refractivity contribution in [1.29, 1.82) is 0 Å². The molecule has 0 spiro atoms. The van der Waals surface area contributed by atoms with E-state index in [0.29, 0.717) is 12.5 Å². The smallest absolute Gasteiger partial charge is 0.408 e. The summed E-state index contributed by atoms with van der Waals surface area (Å²) in [6.45, 7) is 10.9. The number of hydrogen-bond acceptors (Lipinski definition) is 4. The molecule has 0 heterocycles. The first-order valence-corrected chi connectivity index (χ1v) is 14.7. The molecular weight excluding hydrogens is 478 g/mol. The average Bonchev–Trinajstić information content (AvgIpc) is 3.45. The molecule has 0 aliphatic heterocycles. The lowest BCUT2D eigenvalue weighted by atomic mass is 9.82. The fourth-order valence-electron chi connectivity index (χ4n) is 6.14. The molecule has 7 nitrogen and oxygen atoms in total. The van der Waals surface area contributed by atoms with E-state index < -0.39 is 23.6 Å². The van der Waals surface area contributed by atoms with Crippen LogP contribution < -0.4 is 10.6 Å². The van der Waals surface area contributed by atoms with Gasteiger partial charge in [0.2, 0.25) is 11.8 Å². The number of likely N-dealkylation sites (N-methyl/N-ethyl adjacent to an activating group) is 1. The van der Waals surface area contributed by atoms with Crippen molar-refractivity contribution in [1.82, 2.24) is 15.5 Å². The molecule has 2 aliphatic rings. The van der Waals surface area contributed by atoms with Crippen molar-refractivity contribution in [3.05, 3.63) is 35.9 Å². The largest absolute Gasteiger partial charge is 0.445 e. The van der Waals surface area contributed by atoms with E-state index in [1.807, 2.05) is 62.9 Å². The van der Waals surface area contributed by atoms with Crippen LogP contribution in [0, 0.1) is 17.3 Å². The second kappa shape index (κ2) is 14.0. The molecule has 2 N–H and O–H groups in total. The predicted molar refractivity (Wildman–Crippen MR) is 150 cm³/mol. The average molecular weight is 528 g/mol. The molecule has 2 fully saturated rings. The maximum atomic E-state index is 13.9. The minimum absolute atomic E-state index is 0.0171. The maximum absolute atomic E-state index is 13.9. The monoisotopic (exact) mass is 527 g/mol. The van der Waals surface area contributed by atoms with Crippen molar-refractivity contribution in [2.75, 3.05) is 6.54 Å². The molecule has 1 aromatic rings. The SMILES string of the molecule is CCN(C(=O)C(NC(=O)[C@@H](NC(=O)OCc1ccccc1)C1CCCCC1)C(C)(C)C)[C@H](C)C1CCCC1. The number of amides is 3. The van der Waals surface area contributed by atoms with Crippen LogP contribution >= 0.6 is 0 Å². The molecule has 2 saturated carbocycles. The van der Waals surface area contributed by atoms with Gasteiger partial charge in [-0.25, -0.2) is 4.79 Å². The van der Waals surface area contributed by atoms with Crippen molar-refractivity contribution < 1.29 is 19.1 Å². The number of nitrogens with zero attached hydrogens (tertiary/aromatic N) is 1. The lowest BCUT2D eigenvalue weighted by molar-refractivity contribution is -0.142. The van der Waals surface area contributed by atoms with E-state index in [4.69, 9.17) is 4.74 Å². The van der Waals surface area contributed by atoms with Crippen LogP contribution in [-0.4, -0.2) is 47.5 Å². The predicted octanol–water partition coefficient (Wildman–Crippen LogP) is 5.82. The van der Waals surface area contributed by atoms with Crippen LogP contribution in [-0.2, 0) is 20.9 Å². The quantitative estimate of drug-likeness (QED) is 0.401. The first-order valence-electron chi connectivity index (χ1n) is 14.7. The van der Waals surface area contributed by atoms with Crippen LogP contribution in [0.2, 0.25) is 0 Å². The fourth-order valence-corrected chi connectivity index (χ4v) is 6.14. The van der Waals surface area contributed by atoms with E-state index in [9.17, 15) is 14.4 Å². The lowest BCUT2D eigenvalue weighted by Gasteiger charge is -2.40. The molecule has 1 unspecified atom stereocenters. The number of nitrogens with one attached hydrogen (secondary N) is 2. The zero-order valence-electron chi connectivity index (χ0n) is 24.1. The standard InChI is InChI=1S/C31H49N3O4/c1-6-34(22(2)24-17-13-14-18-24)29(36)27(31(3,4)5)33-28(35)26(25-19-11-8-12-20-25)32-30(37)38-21-23-15-9-7-10-16-23/h7,9-10,15-16,22,24-27H,6,8,11-14,17-21H2,1-5H3,(H,32,37)(H,33,35)/t22-,26+,27?/m1/s1. The highest BCUT2D eigenvalue weighted by atomic mass is 16.5. The molecular formula is C31H49N3O4. The first-order chi connectivity index (χ1) is 18.1.